The molecule has 0 rings (SSSR count). The number of carbonyl (C=O) groups is 2. The number of alkyl carbamates (subject to hydrolysis) is 1. The van der Waals surface area contributed by atoms with E-state index >= 15 is 0 Å². The molecular weight excluding hydrogens is 184 g/mol. The van der Waals surface area contributed by atoms with Crippen molar-refractivity contribution in [3.05, 3.63) is 11.8 Å². The van der Waals surface area contributed by atoms with Gasteiger partial charge in [0.15, 0.2) is 0 Å². The zero-order chi connectivity index (χ0) is 11.0. The molecule has 0 aromatic heterocycles. The van der Waals surface area contributed by atoms with E-state index in [4.69, 9.17) is 0 Å². The van der Waals surface area contributed by atoms with Crippen LogP contribution in [0.5, 0.6) is 0 Å². The van der Waals surface area contributed by atoms with Crippen molar-refractivity contribution >= 4 is 12.0 Å². The summed E-state index contributed by atoms with van der Waals surface area (Å²) in [6.07, 6.45) is 1.95. The molecule has 0 saturated carbocycles. The second-order valence-corrected chi connectivity index (χ2v) is 2.56. The fourth-order valence-electron chi connectivity index (χ4n) is 0.813. The maximum absolute atomic E-state index is 11.2. The normalized spacial score (nSPS) is 10.6. The molecule has 0 aliphatic heterocycles. The van der Waals surface area contributed by atoms with Gasteiger partial charge < -0.3 is 15.4 Å². The summed E-state index contributed by atoms with van der Waals surface area (Å²) in [6.45, 7) is 3.69. The molecule has 0 bridgehead atoms. The Bertz CT molecular complexity index is 236. The van der Waals surface area contributed by atoms with E-state index in [0.717, 1.165) is 12.1 Å². The Kier molecular flexibility index (Phi) is 6.19. The molecule has 5 heteroatoms. The molecule has 0 fully saturated rings. The van der Waals surface area contributed by atoms with Crippen molar-refractivity contribution in [2.24, 2.45) is 0 Å². The van der Waals surface area contributed by atoms with Gasteiger partial charge in [0.25, 0.3) is 0 Å². The SMILES string of the molecule is CC=C(CC)NC(=O)CNC(=O)OC. The second-order valence-electron chi connectivity index (χ2n) is 2.56. The highest BCUT2D eigenvalue weighted by molar-refractivity contribution is 5.83. The molecule has 0 heterocycles. The molecule has 5 nitrogen and oxygen atoms in total. The molecule has 0 aromatic carbocycles. The van der Waals surface area contributed by atoms with Crippen molar-refractivity contribution in [2.45, 2.75) is 20.3 Å². The average Bonchev–Trinajstić information content (AvgIpc) is 2.22. The first-order valence-corrected chi connectivity index (χ1v) is 4.40. The topological polar surface area (TPSA) is 67.4 Å². The third-order valence-electron chi connectivity index (χ3n) is 1.61. The van der Waals surface area contributed by atoms with Gasteiger partial charge in [0.05, 0.1) is 7.11 Å². The molecule has 0 spiro atoms. The number of methoxy groups -OCH3 is 1. The molecule has 14 heavy (non-hydrogen) atoms. The first-order valence-electron chi connectivity index (χ1n) is 4.40. The maximum atomic E-state index is 11.2. The second kappa shape index (κ2) is 6.94. The van der Waals surface area contributed by atoms with Crippen LogP contribution in [0.1, 0.15) is 20.3 Å². The van der Waals surface area contributed by atoms with E-state index in [1.807, 2.05) is 19.9 Å². The third-order valence-corrected chi connectivity index (χ3v) is 1.61. The summed E-state index contributed by atoms with van der Waals surface area (Å²) in [7, 11) is 1.25. The first-order chi connectivity index (χ1) is 6.63. The van der Waals surface area contributed by atoms with Crippen molar-refractivity contribution in [1.82, 2.24) is 10.6 Å². The fraction of sp³-hybridized carbons (Fsp3) is 0.556. The molecule has 0 atom stereocenters. The van der Waals surface area contributed by atoms with Crippen LogP contribution in [0.2, 0.25) is 0 Å². The monoisotopic (exact) mass is 200 g/mol. The number of rotatable bonds is 4. The van der Waals surface area contributed by atoms with Gasteiger partial charge in [0, 0.05) is 5.70 Å². The number of carbonyl (C=O) groups excluding carboxylic acids is 2. The molecule has 0 aliphatic rings. The van der Waals surface area contributed by atoms with Gasteiger partial charge in [-0.2, -0.15) is 0 Å². The lowest BCUT2D eigenvalue weighted by Gasteiger charge is -2.07. The quantitative estimate of drug-likeness (QED) is 0.704. The zero-order valence-electron chi connectivity index (χ0n) is 8.72. The standard InChI is InChI=1S/C9H16N2O3/c1-4-7(5-2)11-8(12)6-10-9(13)14-3/h4H,5-6H2,1-3H3,(H,10,13)(H,11,12). The molecular formula is C9H16N2O3. The van der Waals surface area contributed by atoms with Crippen molar-refractivity contribution < 1.29 is 14.3 Å². The van der Waals surface area contributed by atoms with E-state index < -0.39 is 6.09 Å². The van der Waals surface area contributed by atoms with Crippen LogP contribution < -0.4 is 10.6 Å². The van der Waals surface area contributed by atoms with Gasteiger partial charge >= 0.3 is 6.09 Å². The largest absolute Gasteiger partial charge is 0.453 e. The van der Waals surface area contributed by atoms with Crippen LogP contribution in [-0.2, 0) is 9.53 Å². The highest BCUT2D eigenvalue weighted by Gasteiger charge is 2.04. The molecule has 0 aromatic rings. The molecule has 0 saturated heterocycles. The number of amides is 2. The van der Waals surface area contributed by atoms with E-state index in [2.05, 4.69) is 15.4 Å². The van der Waals surface area contributed by atoms with Crippen molar-refractivity contribution in [3.63, 3.8) is 0 Å². The van der Waals surface area contributed by atoms with E-state index in [0.29, 0.717) is 0 Å². The number of hydrogen-bond donors (Lipinski definition) is 2. The Morgan fingerprint density at radius 1 is 1.43 bits per heavy atom. The lowest BCUT2D eigenvalue weighted by Crippen LogP contribution is -2.36. The van der Waals surface area contributed by atoms with Crippen LogP contribution >= 0.6 is 0 Å². The lowest BCUT2D eigenvalue weighted by atomic mass is 10.3. The Morgan fingerprint density at radius 3 is 2.50 bits per heavy atom. The summed E-state index contributed by atoms with van der Waals surface area (Å²) >= 11 is 0. The fourth-order valence-corrected chi connectivity index (χ4v) is 0.813. The molecule has 2 N–H and O–H groups in total. The lowest BCUT2D eigenvalue weighted by molar-refractivity contribution is -0.119. The van der Waals surface area contributed by atoms with Gasteiger partial charge in [-0.25, -0.2) is 4.79 Å². The van der Waals surface area contributed by atoms with Crippen LogP contribution in [0.15, 0.2) is 11.8 Å². The Balaban J connectivity index is 3.81. The predicted octanol–water partition coefficient (Wildman–Crippen LogP) is 0.772. The van der Waals surface area contributed by atoms with Crippen molar-refractivity contribution in [2.75, 3.05) is 13.7 Å². The number of hydrogen-bond acceptors (Lipinski definition) is 3. The van der Waals surface area contributed by atoms with Crippen molar-refractivity contribution in [3.8, 4) is 0 Å². The molecule has 0 aliphatic carbocycles. The average molecular weight is 200 g/mol. The van der Waals surface area contributed by atoms with Gasteiger partial charge in [-0.3, -0.25) is 4.79 Å². The van der Waals surface area contributed by atoms with Gasteiger partial charge in [-0.05, 0) is 13.3 Å². The smallest absolute Gasteiger partial charge is 0.407 e. The molecule has 2 amide bonds. The minimum Gasteiger partial charge on any atom is -0.453 e. The van der Waals surface area contributed by atoms with Crippen LogP contribution in [-0.4, -0.2) is 25.7 Å². The summed E-state index contributed by atoms with van der Waals surface area (Å²) in [5.74, 6) is -0.259. The summed E-state index contributed by atoms with van der Waals surface area (Å²) < 4.78 is 4.31. The minimum atomic E-state index is -0.612. The minimum absolute atomic E-state index is 0.0794. The van der Waals surface area contributed by atoms with Crippen LogP contribution in [0.25, 0.3) is 0 Å². The Hall–Kier alpha value is -1.52. The molecule has 0 radical (unpaired) electrons. The highest BCUT2D eigenvalue weighted by Crippen LogP contribution is 1.93. The summed E-state index contributed by atoms with van der Waals surface area (Å²) in [4.78, 5) is 21.8. The zero-order valence-corrected chi connectivity index (χ0v) is 8.72. The van der Waals surface area contributed by atoms with Crippen LogP contribution in [0, 0.1) is 0 Å². The van der Waals surface area contributed by atoms with E-state index in [1.165, 1.54) is 7.11 Å². The third kappa shape index (κ3) is 5.18. The summed E-state index contributed by atoms with van der Waals surface area (Å²) in [5.41, 5.74) is 0.835. The summed E-state index contributed by atoms with van der Waals surface area (Å²) in [6, 6.07) is 0. The highest BCUT2D eigenvalue weighted by atomic mass is 16.5. The van der Waals surface area contributed by atoms with Crippen LogP contribution in [0.3, 0.4) is 0 Å². The van der Waals surface area contributed by atoms with E-state index in [1.54, 1.807) is 0 Å². The van der Waals surface area contributed by atoms with E-state index in [9.17, 15) is 9.59 Å². The molecule has 80 valence electrons. The number of ether oxygens (including phenoxy) is 1. The van der Waals surface area contributed by atoms with Gasteiger partial charge in [0.2, 0.25) is 5.91 Å². The maximum Gasteiger partial charge on any atom is 0.407 e. The number of allylic oxidation sites excluding steroid dienone is 2. The first kappa shape index (κ1) is 12.5. The Morgan fingerprint density at radius 2 is 2.07 bits per heavy atom. The summed E-state index contributed by atoms with van der Waals surface area (Å²) in [5, 5.41) is 4.93. The van der Waals surface area contributed by atoms with Crippen molar-refractivity contribution in [1.29, 1.82) is 0 Å². The predicted molar refractivity (Wildman–Crippen MR) is 52.6 cm³/mol. The van der Waals surface area contributed by atoms with E-state index in [-0.39, 0.29) is 12.5 Å². The van der Waals surface area contributed by atoms with Gasteiger partial charge in [-0.15, -0.1) is 0 Å². The molecule has 0 unspecified atom stereocenters. The Labute approximate surface area is 83.5 Å². The van der Waals surface area contributed by atoms with Crippen LogP contribution in [0.4, 0.5) is 4.79 Å². The number of nitrogens with one attached hydrogen (secondary N) is 2. The van der Waals surface area contributed by atoms with Gasteiger partial charge in [-0.1, -0.05) is 13.0 Å². The van der Waals surface area contributed by atoms with Gasteiger partial charge in [0.1, 0.15) is 6.54 Å².